The van der Waals surface area contributed by atoms with Gasteiger partial charge in [0.1, 0.15) is 5.54 Å². The van der Waals surface area contributed by atoms with E-state index in [1.807, 2.05) is 31.2 Å². The number of nitrogens with zero attached hydrogens (tertiary/aromatic N) is 1. The molecule has 2 rings (SSSR count). The molecule has 1 aliphatic heterocycles. The Kier molecular flexibility index (Phi) is 3.97. The molecular weight excluding hydrogens is 256 g/mol. The van der Waals surface area contributed by atoms with Crippen LogP contribution in [0, 0.1) is 6.92 Å². The summed E-state index contributed by atoms with van der Waals surface area (Å²) >= 11 is 0. The number of nitrogens with one attached hydrogen (secondary N) is 1. The maximum atomic E-state index is 12.2. The number of aliphatic carboxylic acids is 1. The van der Waals surface area contributed by atoms with Crippen LogP contribution in [-0.2, 0) is 11.3 Å². The molecule has 1 aromatic rings. The number of benzene rings is 1. The molecule has 1 aliphatic rings. The van der Waals surface area contributed by atoms with Crippen molar-refractivity contribution in [1.82, 2.24) is 10.2 Å². The predicted molar refractivity (Wildman–Crippen MR) is 75.4 cm³/mol. The Morgan fingerprint density at radius 1 is 1.35 bits per heavy atom. The van der Waals surface area contributed by atoms with Crippen molar-refractivity contribution in [2.45, 2.75) is 38.8 Å². The first-order valence-corrected chi connectivity index (χ1v) is 6.78. The van der Waals surface area contributed by atoms with Gasteiger partial charge in [-0.05, 0) is 32.3 Å². The molecule has 0 radical (unpaired) electrons. The molecule has 1 unspecified atom stereocenters. The van der Waals surface area contributed by atoms with Crippen molar-refractivity contribution in [3.05, 3.63) is 35.4 Å². The SMILES string of the molecule is Cc1ccc(CNC(=O)N2CCCC2(C)C(=O)O)cc1. The van der Waals surface area contributed by atoms with Crippen molar-refractivity contribution in [3.63, 3.8) is 0 Å². The fourth-order valence-electron chi connectivity index (χ4n) is 2.49. The maximum Gasteiger partial charge on any atom is 0.329 e. The number of amides is 2. The van der Waals surface area contributed by atoms with E-state index in [-0.39, 0.29) is 6.03 Å². The number of carbonyl (C=O) groups is 2. The molecule has 1 atom stereocenters. The highest BCUT2D eigenvalue weighted by Crippen LogP contribution is 2.29. The van der Waals surface area contributed by atoms with Gasteiger partial charge in [-0.25, -0.2) is 9.59 Å². The highest BCUT2D eigenvalue weighted by Gasteiger charge is 2.45. The van der Waals surface area contributed by atoms with Crippen LogP contribution in [0.3, 0.4) is 0 Å². The summed E-state index contributed by atoms with van der Waals surface area (Å²) in [7, 11) is 0. The Bertz CT molecular complexity index is 512. The van der Waals surface area contributed by atoms with E-state index in [0.717, 1.165) is 17.5 Å². The zero-order valence-electron chi connectivity index (χ0n) is 11.8. The van der Waals surface area contributed by atoms with Crippen LogP contribution in [0.4, 0.5) is 4.79 Å². The molecule has 1 fully saturated rings. The predicted octanol–water partition coefficient (Wildman–Crippen LogP) is 2.14. The number of hydrogen-bond acceptors (Lipinski definition) is 2. The minimum Gasteiger partial charge on any atom is -0.480 e. The van der Waals surface area contributed by atoms with Crippen LogP contribution in [0.5, 0.6) is 0 Å². The summed E-state index contributed by atoms with van der Waals surface area (Å²) in [6.07, 6.45) is 1.22. The largest absolute Gasteiger partial charge is 0.480 e. The fraction of sp³-hybridized carbons (Fsp3) is 0.467. The number of likely N-dealkylation sites (tertiary alicyclic amines) is 1. The molecule has 0 aliphatic carbocycles. The Balaban J connectivity index is 1.98. The lowest BCUT2D eigenvalue weighted by atomic mass is 10.00. The van der Waals surface area contributed by atoms with E-state index in [0.29, 0.717) is 19.5 Å². The van der Waals surface area contributed by atoms with Crippen LogP contribution in [0.1, 0.15) is 30.9 Å². The summed E-state index contributed by atoms with van der Waals surface area (Å²) in [4.78, 5) is 24.9. The Morgan fingerprint density at radius 3 is 2.60 bits per heavy atom. The molecule has 2 amide bonds. The van der Waals surface area contributed by atoms with Crippen LogP contribution >= 0.6 is 0 Å². The third-order valence-electron chi connectivity index (χ3n) is 3.91. The number of carbonyl (C=O) groups excluding carboxylic acids is 1. The van der Waals surface area contributed by atoms with Crippen LogP contribution < -0.4 is 5.32 Å². The van der Waals surface area contributed by atoms with Gasteiger partial charge in [-0.15, -0.1) is 0 Å². The van der Waals surface area contributed by atoms with E-state index >= 15 is 0 Å². The lowest BCUT2D eigenvalue weighted by Gasteiger charge is -2.31. The molecule has 20 heavy (non-hydrogen) atoms. The maximum absolute atomic E-state index is 12.2. The second-order valence-electron chi connectivity index (χ2n) is 5.48. The van der Waals surface area contributed by atoms with Crippen molar-refractivity contribution in [2.24, 2.45) is 0 Å². The van der Waals surface area contributed by atoms with Gasteiger partial charge in [0.25, 0.3) is 0 Å². The van der Waals surface area contributed by atoms with Gasteiger partial charge in [0.2, 0.25) is 0 Å². The molecule has 0 spiro atoms. The molecule has 1 saturated heterocycles. The highest BCUT2D eigenvalue weighted by molar-refractivity contribution is 5.86. The zero-order valence-corrected chi connectivity index (χ0v) is 11.8. The smallest absolute Gasteiger partial charge is 0.329 e. The van der Waals surface area contributed by atoms with Crippen molar-refractivity contribution in [2.75, 3.05) is 6.54 Å². The monoisotopic (exact) mass is 276 g/mol. The van der Waals surface area contributed by atoms with Crippen molar-refractivity contribution < 1.29 is 14.7 Å². The quantitative estimate of drug-likeness (QED) is 0.888. The normalized spacial score (nSPS) is 21.8. The summed E-state index contributed by atoms with van der Waals surface area (Å²) in [5.41, 5.74) is 1.08. The van der Waals surface area contributed by atoms with E-state index in [2.05, 4.69) is 5.32 Å². The molecular formula is C15H20N2O3. The minimum atomic E-state index is -1.09. The van der Waals surface area contributed by atoms with Gasteiger partial charge in [-0.3, -0.25) is 0 Å². The van der Waals surface area contributed by atoms with Gasteiger partial charge in [0.15, 0.2) is 0 Å². The van der Waals surface area contributed by atoms with E-state index in [1.54, 1.807) is 6.92 Å². The molecule has 0 bridgehead atoms. The summed E-state index contributed by atoms with van der Waals surface area (Å²) in [5.74, 6) is -0.944. The van der Waals surface area contributed by atoms with Crippen molar-refractivity contribution >= 4 is 12.0 Å². The van der Waals surface area contributed by atoms with Gasteiger partial charge < -0.3 is 15.3 Å². The number of carboxylic acids is 1. The van der Waals surface area contributed by atoms with Crippen LogP contribution in [0.25, 0.3) is 0 Å². The number of urea groups is 1. The van der Waals surface area contributed by atoms with Gasteiger partial charge in [-0.1, -0.05) is 29.8 Å². The van der Waals surface area contributed by atoms with Gasteiger partial charge >= 0.3 is 12.0 Å². The average molecular weight is 276 g/mol. The topological polar surface area (TPSA) is 69.6 Å². The standard InChI is InChI=1S/C15H20N2O3/c1-11-4-6-12(7-5-11)10-16-14(20)17-9-3-8-15(17,2)13(18)19/h4-7H,3,8-10H2,1-2H3,(H,16,20)(H,18,19). The van der Waals surface area contributed by atoms with Crippen molar-refractivity contribution in [1.29, 1.82) is 0 Å². The number of hydrogen-bond donors (Lipinski definition) is 2. The highest BCUT2D eigenvalue weighted by atomic mass is 16.4. The lowest BCUT2D eigenvalue weighted by Crippen LogP contribution is -2.53. The first-order chi connectivity index (χ1) is 9.43. The summed E-state index contributed by atoms with van der Waals surface area (Å²) in [6, 6.07) is 7.57. The molecule has 2 N–H and O–H groups in total. The Morgan fingerprint density at radius 2 is 2.00 bits per heavy atom. The summed E-state index contributed by atoms with van der Waals surface area (Å²) < 4.78 is 0. The molecule has 0 aromatic heterocycles. The first kappa shape index (κ1) is 14.4. The Labute approximate surface area is 118 Å². The van der Waals surface area contributed by atoms with Crippen LogP contribution in [0.2, 0.25) is 0 Å². The van der Waals surface area contributed by atoms with Gasteiger partial charge in [-0.2, -0.15) is 0 Å². The molecule has 108 valence electrons. The molecule has 0 saturated carbocycles. The fourth-order valence-corrected chi connectivity index (χ4v) is 2.49. The number of aryl methyl sites for hydroxylation is 1. The summed E-state index contributed by atoms with van der Waals surface area (Å²) in [5, 5.41) is 12.1. The number of carboxylic acid groups (broad SMARTS) is 1. The van der Waals surface area contributed by atoms with E-state index in [9.17, 15) is 14.7 Å². The first-order valence-electron chi connectivity index (χ1n) is 6.78. The molecule has 5 heteroatoms. The minimum absolute atomic E-state index is 0.312. The third-order valence-corrected chi connectivity index (χ3v) is 3.91. The van der Waals surface area contributed by atoms with E-state index in [1.165, 1.54) is 4.90 Å². The molecule has 1 heterocycles. The summed E-state index contributed by atoms with van der Waals surface area (Å²) in [6.45, 7) is 4.51. The zero-order chi connectivity index (χ0) is 14.8. The lowest BCUT2D eigenvalue weighted by molar-refractivity contribution is -0.147. The molecule has 1 aromatic carbocycles. The van der Waals surface area contributed by atoms with E-state index in [4.69, 9.17) is 0 Å². The van der Waals surface area contributed by atoms with Crippen molar-refractivity contribution in [3.8, 4) is 0 Å². The average Bonchev–Trinajstić information content (AvgIpc) is 2.81. The van der Waals surface area contributed by atoms with Gasteiger partial charge in [0, 0.05) is 13.1 Å². The molecule has 5 nitrogen and oxygen atoms in total. The number of rotatable bonds is 3. The Hall–Kier alpha value is -2.04. The third kappa shape index (κ3) is 2.76. The second-order valence-corrected chi connectivity index (χ2v) is 5.48. The second kappa shape index (κ2) is 5.53. The van der Waals surface area contributed by atoms with E-state index < -0.39 is 11.5 Å². The van der Waals surface area contributed by atoms with Crippen LogP contribution in [0.15, 0.2) is 24.3 Å². The van der Waals surface area contributed by atoms with Gasteiger partial charge in [0.05, 0.1) is 0 Å². The van der Waals surface area contributed by atoms with Crippen LogP contribution in [-0.4, -0.2) is 34.1 Å².